The molecule has 0 saturated carbocycles. The van der Waals surface area contributed by atoms with Crippen molar-refractivity contribution in [1.82, 2.24) is 9.80 Å². The predicted molar refractivity (Wildman–Crippen MR) is 140 cm³/mol. The summed E-state index contributed by atoms with van der Waals surface area (Å²) in [6.07, 6.45) is 27.5. The van der Waals surface area contributed by atoms with Crippen LogP contribution in [0.25, 0.3) is 0 Å². The Morgan fingerprint density at radius 1 is 0.697 bits per heavy atom. The van der Waals surface area contributed by atoms with Gasteiger partial charge in [0.15, 0.2) is 0 Å². The van der Waals surface area contributed by atoms with Crippen molar-refractivity contribution in [1.29, 1.82) is 0 Å². The molecule has 7 heteroatoms. The molecule has 1 rings (SSSR count). The zero-order chi connectivity index (χ0) is 24.6. The van der Waals surface area contributed by atoms with Gasteiger partial charge >= 0.3 is 10.4 Å². The van der Waals surface area contributed by atoms with Crippen LogP contribution < -0.4 is 0 Å². The zero-order valence-corrected chi connectivity index (χ0v) is 22.8. The summed E-state index contributed by atoms with van der Waals surface area (Å²) in [6, 6.07) is 0. The molecule has 33 heavy (non-hydrogen) atoms. The van der Waals surface area contributed by atoms with Gasteiger partial charge in [-0.1, -0.05) is 117 Å². The average molecular weight is 491 g/mol. The van der Waals surface area contributed by atoms with Crippen LogP contribution >= 0.6 is 0 Å². The van der Waals surface area contributed by atoms with Gasteiger partial charge in [-0.2, -0.15) is 8.42 Å². The molecule has 0 aromatic heterocycles. The Morgan fingerprint density at radius 2 is 1.12 bits per heavy atom. The van der Waals surface area contributed by atoms with Crippen LogP contribution in [0.1, 0.15) is 129 Å². The second-order valence-electron chi connectivity index (χ2n) is 9.42. The standard InChI is InChI=1S/C14H28N2.C12H26O4S/c1-3-4-5-6-7-8-9-10-11-16-13-12-15(2)14-16;1-2-3-4-5-6-7-8-9-10-11-12-16-17(13,14)15/h12-13H,3-11,14H2,1-2H3;2-12H2,1H3,(H,13,14,15). The highest BCUT2D eigenvalue weighted by atomic mass is 32.3. The first-order valence-corrected chi connectivity index (χ1v) is 15.0. The number of hydrogen-bond donors (Lipinski definition) is 1. The fourth-order valence-corrected chi connectivity index (χ4v) is 4.27. The van der Waals surface area contributed by atoms with Gasteiger partial charge in [0, 0.05) is 26.0 Å². The third kappa shape index (κ3) is 25.7. The molecule has 1 aliphatic heterocycles. The van der Waals surface area contributed by atoms with Crippen molar-refractivity contribution in [3.05, 3.63) is 12.4 Å². The van der Waals surface area contributed by atoms with Gasteiger partial charge in [-0.15, -0.1) is 0 Å². The summed E-state index contributed by atoms with van der Waals surface area (Å²) in [5.74, 6) is 0. The average Bonchev–Trinajstić information content (AvgIpc) is 3.18. The molecule has 0 saturated heterocycles. The highest BCUT2D eigenvalue weighted by molar-refractivity contribution is 7.80. The normalized spacial score (nSPS) is 13.5. The van der Waals surface area contributed by atoms with Gasteiger partial charge < -0.3 is 9.80 Å². The first-order chi connectivity index (χ1) is 15.9. The summed E-state index contributed by atoms with van der Waals surface area (Å²) < 4.78 is 33.0. The number of nitrogens with zero attached hydrogens (tertiary/aromatic N) is 2. The van der Waals surface area contributed by atoms with Crippen LogP contribution in [0.5, 0.6) is 0 Å². The number of rotatable bonds is 21. The molecule has 0 amide bonds. The quantitative estimate of drug-likeness (QED) is 0.132. The maximum atomic E-state index is 10.2. The maximum Gasteiger partial charge on any atom is 0.397 e. The molecule has 0 radical (unpaired) electrons. The van der Waals surface area contributed by atoms with Gasteiger partial charge in [0.05, 0.1) is 13.3 Å². The van der Waals surface area contributed by atoms with Gasteiger partial charge in [0.25, 0.3) is 0 Å². The number of hydrogen-bond acceptors (Lipinski definition) is 5. The van der Waals surface area contributed by atoms with E-state index in [4.69, 9.17) is 4.55 Å². The topological polar surface area (TPSA) is 70.1 Å². The number of unbranched alkanes of at least 4 members (excludes halogenated alkanes) is 16. The monoisotopic (exact) mass is 490 g/mol. The molecular formula is C26H54N2O4S. The SMILES string of the molecule is CCCCCCCCCCCCOS(=O)(=O)O.CCCCCCCCCCN1C=CN(C)C1. The highest BCUT2D eigenvalue weighted by Crippen LogP contribution is 2.11. The van der Waals surface area contributed by atoms with Gasteiger partial charge in [-0.05, 0) is 12.8 Å². The van der Waals surface area contributed by atoms with Gasteiger partial charge in [0.2, 0.25) is 0 Å². The van der Waals surface area contributed by atoms with Crippen LogP contribution in [0.4, 0.5) is 0 Å². The Kier molecular flexibility index (Phi) is 22.4. The molecule has 0 bridgehead atoms. The van der Waals surface area contributed by atoms with E-state index in [2.05, 4.69) is 47.3 Å². The molecule has 0 spiro atoms. The van der Waals surface area contributed by atoms with E-state index >= 15 is 0 Å². The first kappa shape index (κ1) is 32.2. The molecule has 0 aromatic rings. The van der Waals surface area contributed by atoms with E-state index in [1.54, 1.807) is 0 Å². The molecule has 0 fully saturated rings. The highest BCUT2D eigenvalue weighted by Gasteiger charge is 2.06. The first-order valence-electron chi connectivity index (χ1n) is 13.6. The van der Waals surface area contributed by atoms with Crippen molar-refractivity contribution in [2.24, 2.45) is 0 Å². The molecule has 198 valence electrons. The van der Waals surface area contributed by atoms with Crippen LogP contribution in [0, 0.1) is 0 Å². The van der Waals surface area contributed by atoms with E-state index in [1.165, 1.54) is 103 Å². The third-order valence-corrected chi connectivity index (χ3v) is 6.43. The molecule has 0 aliphatic carbocycles. The van der Waals surface area contributed by atoms with E-state index in [9.17, 15) is 8.42 Å². The molecule has 0 atom stereocenters. The van der Waals surface area contributed by atoms with Gasteiger partial charge in [0.1, 0.15) is 0 Å². The second kappa shape index (κ2) is 23.0. The minimum Gasteiger partial charge on any atom is -0.362 e. The summed E-state index contributed by atoms with van der Waals surface area (Å²) >= 11 is 0. The Balaban J connectivity index is 0.000000621. The van der Waals surface area contributed by atoms with E-state index in [1.807, 2.05) is 0 Å². The largest absolute Gasteiger partial charge is 0.397 e. The van der Waals surface area contributed by atoms with Crippen LogP contribution in [-0.4, -0.2) is 49.6 Å². The summed E-state index contributed by atoms with van der Waals surface area (Å²) in [5, 5.41) is 0. The lowest BCUT2D eigenvalue weighted by Crippen LogP contribution is -2.23. The van der Waals surface area contributed by atoms with Crippen molar-refractivity contribution in [2.45, 2.75) is 129 Å². The lowest BCUT2D eigenvalue weighted by molar-refractivity contribution is 0.261. The predicted octanol–water partition coefficient (Wildman–Crippen LogP) is 7.53. The van der Waals surface area contributed by atoms with Crippen LogP contribution in [-0.2, 0) is 14.6 Å². The van der Waals surface area contributed by atoms with Crippen molar-refractivity contribution in [3.63, 3.8) is 0 Å². The lowest BCUT2D eigenvalue weighted by atomic mass is 10.1. The van der Waals surface area contributed by atoms with Crippen LogP contribution in [0.15, 0.2) is 12.4 Å². The summed E-state index contributed by atoms with van der Waals surface area (Å²) in [5.41, 5.74) is 0. The minimum absolute atomic E-state index is 0.0926. The van der Waals surface area contributed by atoms with E-state index in [0.29, 0.717) is 6.42 Å². The van der Waals surface area contributed by atoms with Gasteiger partial charge in [-0.3, -0.25) is 4.55 Å². The summed E-state index contributed by atoms with van der Waals surface area (Å²) in [7, 11) is -2.11. The van der Waals surface area contributed by atoms with Crippen molar-refractivity contribution in [2.75, 3.05) is 26.9 Å². The van der Waals surface area contributed by atoms with E-state index in [0.717, 1.165) is 19.5 Å². The smallest absolute Gasteiger partial charge is 0.362 e. The van der Waals surface area contributed by atoms with Crippen molar-refractivity contribution < 1.29 is 17.2 Å². The van der Waals surface area contributed by atoms with Crippen LogP contribution in [0.2, 0.25) is 0 Å². The summed E-state index contributed by atoms with van der Waals surface area (Å²) in [4.78, 5) is 4.63. The Bertz CT molecular complexity index is 540. The summed E-state index contributed by atoms with van der Waals surface area (Å²) in [6.45, 7) is 6.90. The molecule has 0 aromatic carbocycles. The molecule has 1 heterocycles. The molecule has 6 nitrogen and oxygen atoms in total. The van der Waals surface area contributed by atoms with Gasteiger partial charge in [-0.25, -0.2) is 4.18 Å². The molecule has 0 unspecified atom stereocenters. The Morgan fingerprint density at radius 3 is 1.52 bits per heavy atom. The minimum atomic E-state index is -4.23. The van der Waals surface area contributed by atoms with Crippen molar-refractivity contribution >= 4 is 10.4 Å². The van der Waals surface area contributed by atoms with E-state index < -0.39 is 10.4 Å². The molecular weight excluding hydrogens is 436 g/mol. The van der Waals surface area contributed by atoms with E-state index in [-0.39, 0.29) is 6.61 Å². The Labute approximate surface area is 206 Å². The maximum absolute atomic E-state index is 10.2. The molecule has 1 N–H and O–H groups in total. The van der Waals surface area contributed by atoms with Crippen molar-refractivity contribution in [3.8, 4) is 0 Å². The molecule has 1 aliphatic rings. The fraction of sp³-hybridized carbons (Fsp3) is 0.923. The zero-order valence-electron chi connectivity index (χ0n) is 22.0. The van der Waals surface area contributed by atoms with Crippen LogP contribution in [0.3, 0.4) is 0 Å². The Hall–Kier alpha value is -0.790. The third-order valence-electron chi connectivity index (χ3n) is 5.97. The second-order valence-corrected chi connectivity index (χ2v) is 10.5. The fourth-order valence-electron chi connectivity index (χ4n) is 3.94. The lowest BCUT2D eigenvalue weighted by Gasteiger charge is -2.17.